The summed E-state index contributed by atoms with van der Waals surface area (Å²) < 4.78 is 0. The van der Waals surface area contributed by atoms with Gasteiger partial charge in [-0.15, -0.1) is 0 Å². The molecule has 1 aliphatic rings. The molecule has 0 aromatic heterocycles. The molecule has 0 saturated carbocycles. The number of hydrogen-bond donors (Lipinski definition) is 1. The zero-order chi connectivity index (χ0) is 11.4. The van der Waals surface area contributed by atoms with Crippen LogP contribution in [0.1, 0.15) is 37.7 Å². The Morgan fingerprint density at radius 2 is 1.69 bits per heavy atom. The SMILES string of the molecule is OCC1=C(c2ccc(Cl)cc2)CCCCC1. The summed E-state index contributed by atoms with van der Waals surface area (Å²) in [5.74, 6) is 0. The van der Waals surface area contributed by atoms with E-state index in [2.05, 4.69) is 12.1 Å². The Morgan fingerprint density at radius 3 is 2.38 bits per heavy atom. The fourth-order valence-corrected chi connectivity index (χ4v) is 2.44. The standard InChI is InChI=1S/C14H17ClO/c15-13-8-6-11(7-9-13)14-5-3-1-2-4-12(14)10-16/h6-9,16H,1-5,10H2. The van der Waals surface area contributed by atoms with Crippen molar-refractivity contribution in [3.8, 4) is 0 Å². The molecule has 1 nitrogen and oxygen atoms in total. The molecule has 0 radical (unpaired) electrons. The van der Waals surface area contributed by atoms with Crippen LogP contribution in [0.3, 0.4) is 0 Å². The summed E-state index contributed by atoms with van der Waals surface area (Å²) in [6, 6.07) is 7.95. The number of rotatable bonds is 2. The van der Waals surface area contributed by atoms with Gasteiger partial charge in [-0.25, -0.2) is 0 Å². The quantitative estimate of drug-likeness (QED) is 0.822. The molecule has 0 saturated heterocycles. The van der Waals surface area contributed by atoms with Gasteiger partial charge < -0.3 is 5.11 Å². The minimum Gasteiger partial charge on any atom is -0.392 e. The summed E-state index contributed by atoms with van der Waals surface area (Å²) in [6.07, 6.45) is 5.81. The molecule has 16 heavy (non-hydrogen) atoms. The molecule has 1 aromatic rings. The van der Waals surface area contributed by atoms with E-state index in [9.17, 15) is 5.11 Å². The maximum Gasteiger partial charge on any atom is 0.0647 e. The van der Waals surface area contributed by atoms with E-state index >= 15 is 0 Å². The second kappa shape index (κ2) is 5.51. The van der Waals surface area contributed by atoms with Crippen molar-refractivity contribution in [1.29, 1.82) is 0 Å². The average Bonchev–Trinajstić information content (AvgIpc) is 2.55. The summed E-state index contributed by atoms with van der Waals surface area (Å²) in [5, 5.41) is 10.2. The predicted molar refractivity (Wildman–Crippen MR) is 68.5 cm³/mol. The van der Waals surface area contributed by atoms with Gasteiger partial charge in [0.15, 0.2) is 0 Å². The van der Waals surface area contributed by atoms with Crippen LogP contribution in [0.25, 0.3) is 5.57 Å². The van der Waals surface area contributed by atoms with Crippen molar-refractivity contribution >= 4 is 17.2 Å². The number of halogens is 1. The van der Waals surface area contributed by atoms with E-state index in [1.54, 1.807) is 0 Å². The molecular weight excluding hydrogens is 220 g/mol. The number of aliphatic hydroxyl groups excluding tert-OH is 1. The summed E-state index contributed by atoms with van der Waals surface area (Å²) in [4.78, 5) is 0. The Balaban J connectivity index is 2.34. The molecule has 0 spiro atoms. The third-order valence-corrected chi connectivity index (χ3v) is 3.47. The van der Waals surface area contributed by atoms with E-state index in [0.29, 0.717) is 0 Å². The summed E-state index contributed by atoms with van der Waals surface area (Å²) in [7, 11) is 0. The highest BCUT2D eigenvalue weighted by atomic mass is 35.5. The molecule has 1 N–H and O–H groups in total. The highest BCUT2D eigenvalue weighted by molar-refractivity contribution is 6.30. The minimum atomic E-state index is 0.192. The van der Waals surface area contributed by atoms with Gasteiger partial charge in [0.1, 0.15) is 0 Å². The van der Waals surface area contributed by atoms with Crippen molar-refractivity contribution in [2.75, 3.05) is 6.61 Å². The van der Waals surface area contributed by atoms with Gasteiger partial charge in [-0.2, -0.15) is 0 Å². The molecule has 0 atom stereocenters. The molecular formula is C14H17ClO. The Kier molecular flexibility index (Phi) is 4.03. The fourth-order valence-electron chi connectivity index (χ4n) is 2.32. The van der Waals surface area contributed by atoms with E-state index in [0.717, 1.165) is 17.9 Å². The Bertz CT molecular complexity index is 378. The normalized spacial score (nSPS) is 17.4. The highest BCUT2D eigenvalue weighted by Crippen LogP contribution is 2.31. The van der Waals surface area contributed by atoms with Gasteiger partial charge in [-0.05, 0) is 54.5 Å². The van der Waals surface area contributed by atoms with E-state index in [-0.39, 0.29) is 6.61 Å². The first-order valence-corrected chi connectivity index (χ1v) is 6.27. The van der Waals surface area contributed by atoms with Crippen molar-refractivity contribution in [1.82, 2.24) is 0 Å². The summed E-state index contributed by atoms with van der Waals surface area (Å²) >= 11 is 5.89. The maximum atomic E-state index is 9.42. The first kappa shape index (κ1) is 11.7. The third kappa shape index (κ3) is 2.66. The van der Waals surface area contributed by atoms with Gasteiger partial charge >= 0.3 is 0 Å². The highest BCUT2D eigenvalue weighted by Gasteiger charge is 2.12. The predicted octanol–water partition coefficient (Wildman–Crippen LogP) is 4.05. The van der Waals surface area contributed by atoms with Crippen LogP contribution in [-0.2, 0) is 0 Å². The van der Waals surface area contributed by atoms with E-state index in [1.165, 1.54) is 36.0 Å². The lowest BCUT2D eigenvalue weighted by Crippen LogP contribution is -1.95. The second-order valence-electron chi connectivity index (χ2n) is 4.31. The van der Waals surface area contributed by atoms with Gasteiger partial charge in [-0.3, -0.25) is 0 Å². The van der Waals surface area contributed by atoms with Crippen LogP contribution < -0.4 is 0 Å². The van der Waals surface area contributed by atoms with Crippen molar-refractivity contribution < 1.29 is 5.11 Å². The molecule has 86 valence electrons. The molecule has 0 amide bonds. The fraction of sp³-hybridized carbons (Fsp3) is 0.429. The van der Waals surface area contributed by atoms with Crippen LogP contribution in [0.15, 0.2) is 29.8 Å². The smallest absolute Gasteiger partial charge is 0.0647 e. The molecule has 1 aliphatic carbocycles. The second-order valence-corrected chi connectivity index (χ2v) is 4.74. The van der Waals surface area contributed by atoms with Crippen LogP contribution in [0.4, 0.5) is 0 Å². The van der Waals surface area contributed by atoms with Crippen LogP contribution in [0, 0.1) is 0 Å². The largest absolute Gasteiger partial charge is 0.392 e. The Hall–Kier alpha value is -0.790. The monoisotopic (exact) mass is 236 g/mol. The zero-order valence-electron chi connectivity index (χ0n) is 9.38. The maximum absolute atomic E-state index is 9.42. The number of hydrogen-bond acceptors (Lipinski definition) is 1. The van der Waals surface area contributed by atoms with Gasteiger partial charge in [0.05, 0.1) is 6.61 Å². The molecule has 0 unspecified atom stereocenters. The number of aliphatic hydroxyl groups is 1. The number of allylic oxidation sites excluding steroid dienone is 1. The molecule has 1 aromatic carbocycles. The van der Waals surface area contributed by atoms with Crippen molar-refractivity contribution in [3.05, 3.63) is 40.4 Å². The topological polar surface area (TPSA) is 20.2 Å². The molecule has 0 aliphatic heterocycles. The van der Waals surface area contributed by atoms with Gasteiger partial charge in [0, 0.05) is 5.02 Å². The van der Waals surface area contributed by atoms with Crippen LogP contribution in [-0.4, -0.2) is 11.7 Å². The van der Waals surface area contributed by atoms with E-state index < -0.39 is 0 Å². The minimum absolute atomic E-state index is 0.192. The molecule has 2 heteroatoms. The van der Waals surface area contributed by atoms with Crippen molar-refractivity contribution in [2.24, 2.45) is 0 Å². The first-order chi connectivity index (χ1) is 7.81. The van der Waals surface area contributed by atoms with Gasteiger partial charge in [0.2, 0.25) is 0 Å². The van der Waals surface area contributed by atoms with E-state index in [4.69, 9.17) is 11.6 Å². The van der Waals surface area contributed by atoms with Crippen LogP contribution in [0.5, 0.6) is 0 Å². The molecule has 0 fully saturated rings. The van der Waals surface area contributed by atoms with Crippen LogP contribution >= 0.6 is 11.6 Å². The lowest BCUT2D eigenvalue weighted by atomic mass is 9.96. The molecule has 2 rings (SSSR count). The van der Waals surface area contributed by atoms with Crippen molar-refractivity contribution in [2.45, 2.75) is 32.1 Å². The third-order valence-electron chi connectivity index (χ3n) is 3.22. The zero-order valence-corrected chi connectivity index (χ0v) is 10.1. The lowest BCUT2D eigenvalue weighted by Gasteiger charge is -2.11. The average molecular weight is 237 g/mol. The Labute approximate surface area is 102 Å². The Morgan fingerprint density at radius 1 is 1.00 bits per heavy atom. The summed E-state index contributed by atoms with van der Waals surface area (Å²) in [5.41, 5.74) is 3.76. The van der Waals surface area contributed by atoms with Gasteiger partial charge in [0.25, 0.3) is 0 Å². The molecule has 0 bridgehead atoms. The van der Waals surface area contributed by atoms with Crippen LogP contribution in [0.2, 0.25) is 5.02 Å². The van der Waals surface area contributed by atoms with E-state index in [1.807, 2.05) is 12.1 Å². The summed E-state index contributed by atoms with van der Waals surface area (Å²) in [6.45, 7) is 0.192. The first-order valence-electron chi connectivity index (χ1n) is 5.89. The number of benzene rings is 1. The lowest BCUT2D eigenvalue weighted by molar-refractivity contribution is 0.326. The van der Waals surface area contributed by atoms with Gasteiger partial charge in [-0.1, -0.05) is 30.2 Å². The van der Waals surface area contributed by atoms with Crippen molar-refractivity contribution in [3.63, 3.8) is 0 Å². The molecule has 0 heterocycles.